The van der Waals surface area contributed by atoms with Crippen LogP contribution in [0.1, 0.15) is 30.5 Å². The van der Waals surface area contributed by atoms with E-state index < -0.39 is 10.0 Å². The molecule has 0 saturated heterocycles. The summed E-state index contributed by atoms with van der Waals surface area (Å²) in [5.74, 6) is 0.0913. The summed E-state index contributed by atoms with van der Waals surface area (Å²) in [6.07, 6.45) is 3.25. The molecule has 0 fully saturated rings. The van der Waals surface area contributed by atoms with Crippen molar-refractivity contribution in [2.24, 2.45) is 5.92 Å². The number of hydrogen-bond donors (Lipinski definition) is 2. The number of rotatable bonds is 6. The van der Waals surface area contributed by atoms with E-state index in [1.807, 2.05) is 46.8 Å². The Morgan fingerprint density at radius 3 is 2.14 bits per heavy atom. The van der Waals surface area contributed by atoms with Crippen molar-refractivity contribution in [2.45, 2.75) is 45.6 Å². The molecule has 0 unspecified atom stereocenters. The molecule has 0 heterocycles. The Morgan fingerprint density at radius 1 is 1.19 bits per heavy atom. The average molecular weight is 311 g/mol. The maximum absolute atomic E-state index is 12.7. The largest absolute Gasteiger partial charge is 0.392 e. The first-order valence-corrected chi connectivity index (χ1v) is 8.55. The van der Waals surface area contributed by atoms with Gasteiger partial charge in [0.05, 0.1) is 11.5 Å². The van der Waals surface area contributed by atoms with E-state index in [-0.39, 0.29) is 18.6 Å². The standard InChI is InChI=1S/C16H25NO3S/c1-11(2)15(7-6-8-18)17-21(19,20)16-13(4)9-12(3)10-14(16)5/h6-7,9-11,15,17-18H,8H2,1-5H3/b7-6+/t15-/m0/s1. The second kappa shape index (κ2) is 7.20. The number of hydrogen-bond acceptors (Lipinski definition) is 3. The van der Waals surface area contributed by atoms with Gasteiger partial charge in [-0.15, -0.1) is 0 Å². The Labute approximate surface area is 127 Å². The van der Waals surface area contributed by atoms with E-state index in [1.54, 1.807) is 12.2 Å². The van der Waals surface area contributed by atoms with Crippen molar-refractivity contribution in [3.8, 4) is 0 Å². The number of benzene rings is 1. The fraction of sp³-hybridized carbons (Fsp3) is 0.500. The van der Waals surface area contributed by atoms with E-state index in [2.05, 4.69) is 4.72 Å². The van der Waals surface area contributed by atoms with Crippen molar-refractivity contribution in [1.29, 1.82) is 0 Å². The van der Waals surface area contributed by atoms with Crippen LogP contribution in [-0.4, -0.2) is 26.2 Å². The van der Waals surface area contributed by atoms with Crippen molar-refractivity contribution in [2.75, 3.05) is 6.61 Å². The molecule has 0 aromatic heterocycles. The first kappa shape index (κ1) is 17.9. The molecule has 0 spiro atoms. The van der Waals surface area contributed by atoms with Crippen LogP contribution in [-0.2, 0) is 10.0 Å². The number of aryl methyl sites for hydroxylation is 3. The van der Waals surface area contributed by atoms with Gasteiger partial charge in [-0.1, -0.05) is 43.7 Å². The molecular weight excluding hydrogens is 286 g/mol. The van der Waals surface area contributed by atoms with Gasteiger partial charge >= 0.3 is 0 Å². The summed E-state index contributed by atoms with van der Waals surface area (Å²) >= 11 is 0. The summed E-state index contributed by atoms with van der Waals surface area (Å²) in [4.78, 5) is 0.344. The minimum Gasteiger partial charge on any atom is -0.392 e. The highest BCUT2D eigenvalue weighted by atomic mass is 32.2. The van der Waals surface area contributed by atoms with Crippen molar-refractivity contribution in [3.63, 3.8) is 0 Å². The van der Waals surface area contributed by atoms with Gasteiger partial charge in [0.25, 0.3) is 0 Å². The summed E-state index contributed by atoms with van der Waals surface area (Å²) in [5, 5.41) is 8.87. The highest BCUT2D eigenvalue weighted by Crippen LogP contribution is 2.22. The monoisotopic (exact) mass is 311 g/mol. The van der Waals surface area contributed by atoms with Gasteiger partial charge in [0.2, 0.25) is 10.0 Å². The molecule has 1 rings (SSSR count). The van der Waals surface area contributed by atoms with Crippen molar-refractivity contribution < 1.29 is 13.5 Å². The van der Waals surface area contributed by atoms with Gasteiger partial charge in [0.1, 0.15) is 0 Å². The lowest BCUT2D eigenvalue weighted by Crippen LogP contribution is -2.37. The first-order valence-electron chi connectivity index (χ1n) is 7.06. The fourth-order valence-electron chi connectivity index (χ4n) is 2.43. The van der Waals surface area contributed by atoms with Gasteiger partial charge < -0.3 is 5.11 Å². The quantitative estimate of drug-likeness (QED) is 0.793. The van der Waals surface area contributed by atoms with Crippen molar-refractivity contribution >= 4 is 10.0 Å². The molecular formula is C16H25NO3S. The molecule has 118 valence electrons. The Balaban J connectivity index is 3.20. The van der Waals surface area contributed by atoms with Crippen LogP contribution >= 0.6 is 0 Å². The Hall–Kier alpha value is -1.17. The minimum absolute atomic E-state index is 0.0913. The van der Waals surface area contributed by atoms with E-state index in [0.29, 0.717) is 4.90 Å². The highest BCUT2D eigenvalue weighted by Gasteiger charge is 2.24. The molecule has 1 atom stereocenters. The second-order valence-electron chi connectivity index (χ2n) is 5.73. The maximum Gasteiger partial charge on any atom is 0.241 e. The molecule has 0 radical (unpaired) electrons. The zero-order chi connectivity index (χ0) is 16.2. The molecule has 0 aliphatic rings. The summed E-state index contributed by atoms with van der Waals surface area (Å²) < 4.78 is 28.0. The molecule has 0 saturated carbocycles. The normalized spacial score (nSPS) is 14.0. The summed E-state index contributed by atoms with van der Waals surface area (Å²) in [6.45, 7) is 9.33. The summed E-state index contributed by atoms with van der Waals surface area (Å²) in [6, 6.07) is 3.40. The number of sulfonamides is 1. The molecule has 5 heteroatoms. The van der Waals surface area contributed by atoms with Crippen molar-refractivity contribution in [3.05, 3.63) is 41.0 Å². The lowest BCUT2D eigenvalue weighted by atomic mass is 10.1. The molecule has 0 amide bonds. The van der Waals surface area contributed by atoms with Crippen LogP contribution < -0.4 is 4.72 Å². The van der Waals surface area contributed by atoms with Crippen LogP contribution in [0, 0.1) is 26.7 Å². The van der Waals surface area contributed by atoms with E-state index in [0.717, 1.165) is 16.7 Å². The van der Waals surface area contributed by atoms with Gasteiger partial charge in [-0.05, 0) is 37.8 Å². The molecule has 21 heavy (non-hydrogen) atoms. The Kier molecular flexibility index (Phi) is 6.13. The van der Waals surface area contributed by atoms with Crippen molar-refractivity contribution in [1.82, 2.24) is 4.72 Å². The molecule has 0 aliphatic carbocycles. The van der Waals surface area contributed by atoms with E-state index >= 15 is 0 Å². The minimum atomic E-state index is -3.60. The van der Waals surface area contributed by atoms with Crippen LogP contribution in [0.2, 0.25) is 0 Å². The number of nitrogens with one attached hydrogen (secondary N) is 1. The van der Waals surface area contributed by atoms with E-state index in [4.69, 9.17) is 5.11 Å². The van der Waals surface area contributed by atoms with Crippen LogP contribution in [0.25, 0.3) is 0 Å². The summed E-state index contributed by atoms with van der Waals surface area (Å²) in [5.41, 5.74) is 2.53. The third-order valence-corrected chi connectivity index (χ3v) is 5.10. The van der Waals surface area contributed by atoms with Crippen LogP contribution in [0.4, 0.5) is 0 Å². The molecule has 1 aromatic carbocycles. The smallest absolute Gasteiger partial charge is 0.241 e. The zero-order valence-corrected chi connectivity index (χ0v) is 14.2. The molecule has 4 nitrogen and oxygen atoms in total. The topological polar surface area (TPSA) is 66.4 Å². The summed E-state index contributed by atoms with van der Waals surface area (Å²) in [7, 11) is -3.60. The molecule has 0 bridgehead atoms. The van der Waals surface area contributed by atoms with Gasteiger partial charge in [0, 0.05) is 6.04 Å². The second-order valence-corrected chi connectivity index (χ2v) is 7.38. The predicted octanol–water partition coefficient (Wildman–Crippen LogP) is 2.46. The SMILES string of the molecule is Cc1cc(C)c(S(=O)(=O)N[C@@H](/C=C/CO)C(C)C)c(C)c1. The number of aliphatic hydroxyl groups is 1. The third-order valence-electron chi connectivity index (χ3n) is 3.33. The van der Waals surface area contributed by atoms with Crippen LogP contribution in [0.3, 0.4) is 0 Å². The van der Waals surface area contributed by atoms with Crippen LogP contribution in [0.5, 0.6) is 0 Å². The molecule has 2 N–H and O–H groups in total. The van der Waals surface area contributed by atoms with E-state index in [9.17, 15) is 8.42 Å². The van der Waals surface area contributed by atoms with Gasteiger partial charge in [-0.25, -0.2) is 13.1 Å². The highest BCUT2D eigenvalue weighted by molar-refractivity contribution is 7.89. The van der Waals surface area contributed by atoms with E-state index in [1.165, 1.54) is 0 Å². The Bertz CT molecular complexity index is 595. The third kappa shape index (κ3) is 4.66. The number of aliphatic hydroxyl groups excluding tert-OH is 1. The van der Waals surface area contributed by atoms with Gasteiger partial charge in [-0.2, -0.15) is 0 Å². The average Bonchev–Trinajstić information content (AvgIpc) is 2.32. The lowest BCUT2D eigenvalue weighted by molar-refractivity contribution is 0.341. The molecule has 0 aliphatic heterocycles. The molecule has 1 aromatic rings. The maximum atomic E-state index is 12.7. The fourth-order valence-corrected chi connectivity index (χ4v) is 4.23. The predicted molar refractivity (Wildman–Crippen MR) is 85.8 cm³/mol. The van der Waals surface area contributed by atoms with Crippen LogP contribution in [0.15, 0.2) is 29.2 Å². The van der Waals surface area contributed by atoms with Gasteiger partial charge in [0.15, 0.2) is 0 Å². The first-order chi connectivity index (χ1) is 9.69. The Morgan fingerprint density at radius 2 is 1.71 bits per heavy atom. The lowest BCUT2D eigenvalue weighted by Gasteiger charge is -2.21. The van der Waals surface area contributed by atoms with Gasteiger partial charge in [-0.3, -0.25) is 0 Å². The zero-order valence-electron chi connectivity index (χ0n) is 13.3.